The molecule has 0 amide bonds. The molecule has 1 aliphatic rings. The van der Waals surface area contributed by atoms with Gasteiger partial charge in [0.2, 0.25) is 0 Å². The largest absolute Gasteiger partial charge is 0.369 e. The molecule has 0 unspecified atom stereocenters. The standard InChI is InChI=1S/C17H19BrN2O2S/c18-15-5-7-16(8-6-15)23(21,22)12-11-20-10-9-19-13-14-3-1-2-4-17(14)20/h1-8,19H,9-13H2. The lowest BCUT2D eigenvalue weighted by Crippen LogP contribution is -2.33. The van der Waals surface area contributed by atoms with E-state index in [9.17, 15) is 8.42 Å². The van der Waals surface area contributed by atoms with E-state index in [4.69, 9.17) is 0 Å². The Hall–Kier alpha value is -1.37. The Morgan fingerprint density at radius 1 is 1.09 bits per heavy atom. The maximum absolute atomic E-state index is 12.5. The van der Waals surface area contributed by atoms with Gasteiger partial charge >= 0.3 is 0 Å². The highest BCUT2D eigenvalue weighted by molar-refractivity contribution is 9.10. The molecule has 0 saturated heterocycles. The fraction of sp³-hybridized carbons (Fsp3) is 0.294. The Labute approximate surface area is 145 Å². The predicted octanol–water partition coefficient (Wildman–Crippen LogP) is 2.83. The zero-order valence-electron chi connectivity index (χ0n) is 12.7. The molecule has 1 heterocycles. The number of para-hydroxylation sites is 1. The van der Waals surface area contributed by atoms with Crippen LogP contribution in [0.3, 0.4) is 0 Å². The third kappa shape index (κ3) is 3.94. The fourth-order valence-electron chi connectivity index (χ4n) is 2.75. The molecule has 1 N–H and O–H groups in total. The van der Waals surface area contributed by atoms with Crippen molar-refractivity contribution in [3.05, 3.63) is 58.6 Å². The lowest BCUT2D eigenvalue weighted by molar-refractivity contribution is 0.594. The molecule has 4 nitrogen and oxygen atoms in total. The lowest BCUT2D eigenvalue weighted by atomic mass is 10.1. The number of nitrogens with one attached hydrogen (secondary N) is 1. The van der Waals surface area contributed by atoms with Crippen molar-refractivity contribution in [3.63, 3.8) is 0 Å². The van der Waals surface area contributed by atoms with Crippen LogP contribution >= 0.6 is 15.9 Å². The van der Waals surface area contributed by atoms with Crippen molar-refractivity contribution in [2.75, 3.05) is 30.3 Å². The minimum absolute atomic E-state index is 0.114. The van der Waals surface area contributed by atoms with Crippen LogP contribution in [0.15, 0.2) is 57.9 Å². The summed E-state index contributed by atoms with van der Waals surface area (Å²) in [6.07, 6.45) is 0. The maximum atomic E-state index is 12.5. The average molecular weight is 395 g/mol. The predicted molar refractivity (Wildman–Crippen MR) is 96.6 cm³/mol. The zero-order valence-corrected chi connectivity index (χ0v) is 15.1. The molecule has 0 atom stereocenters. The molecule has 6 heteroatoms. The molecule has 23 heavy (non-hydrogen) atoms. The minimum atomic E-state index is -3.27. The number of hydrogen-bond donors (Lipinski definition) is 1. The Morgan fingerprint density at radius 2 is 1.83 bits per heavy atom. The molecule has 0 saturated carbocycles. The Balaban J connectivity index is 1.76. The number of sulfone groups is 1. The van der Waals surface area contributed by atoms with Crippen molar-refractivity contribution < 1.29 is 8.42 Å². The third-order valence-corrected chi connectivity index (χ3v) is 6.25. The molecule has 0 spiro atoms. The van der Waals surface area contributed by atoms with Gasteiger partial charge < -0.3 is 10.2 Å². The molecule has 3 rings (SSSR count). The summed E-state index contributed by atoms with van der Waals surface area (Å²) in [4.78, 5) is 2.54. The second-order valence-corrected chi connectivity index (χ2v) is 8.59. The number of anilines is 1. The second-order valence-electron chi connectivity index (χ2n) is 5.57. The number of rotatable bonds is 4. The Kier molecular flexibility index (Phi) is 5.04. The van der Waals surface area contributed by atoms with Crippen molar-refractivity contribution in [1.29, 1.82) is 0 Å². The quantitative estimate of drug-likeness (QED) is 0.865. The van der Waals surface area contributed by atoms with E-state index in [1.54, 1.807) is 24.3 Å². The molecular formula is C17H19BrN2O2S. The summed E-state index contributed by atoms with van der Waals surface area (Å²) >= 11 is 3.33. The molecule has 122 valence electrons. The number of fused-ring (bicyclic) bond motifs is 1. The van der Waals surface area contributed by atoms with E-state index in [1.807, 2.05) is 12.1 Å². The van der Waals surface area contributed by atoms with Crippen LogP contribution in [0.4, 0.5) is 5.69 Å². The summed E-state index contributed by atoms with van der Waals surface area (Å²) in [5.74, 6) is 0.114. The first kappa shape index (κ1) is 16.5. The molecule has 0 aliphatic carbocycles. The van der Waals surface area contributed by atoms with Gasteiger partial charge in [-0.3, -0.25) is 0 Å². The van der Waals surface area contributed by atoms with E-state index in [-0.39, 0.29) is 5.75 Å². The second kappa shape index (κ2) is 7.03. The minimum Gasteiger partial charge on any atom is -0.369 e. The van der Waals surface area contributed by atoms with Crippen LogP contribution in [-0.2, 0) is 16.4 Å². The van der Waals surface area contributed by atoms with Crippen LogP contribution in [0.1, 0.15) is 5.56 Å². The fourth-order valence-corrected chi connectivity index (χ4v) is 4.26. The summed E-state index contributed by atoms with van der Waals surface area (Å²) < 4.78 is 25.9. The van der Waals surface area contributed by atoms with Gasteiger partial charge in [0.05, 0.1) is 10.6 Å². The molecular weight excluding hydrogens is 376 g/mol. The number of benzene rings is 2. The van der Waals surface area contributed by atoms with E-state index in [1.165, 1.54) is 5.56 Å². The summed E-state index contributed by atoms with van der Waals surface area (Å²) in [5, 5.41) is 3.37. The first-order valence-electron chi connectivity index (χ1n) is 7.58. The zero-order chi connectivity index (χ0) is 16.3. The Bertz CT molecular complexity index is 775. The molecule has 2 aromatic carbocycles. The molecule has 0 aromatic heterocycles. The SMILES string of the molecule is O=S(=O)(CCN1CCNCc2ccccc21)c1ccc(Br)cc1. The van der Waals surface area contributed by atoms with Crippen LogP contribution in [0.2, 0.25) is 0 Å². The number of halogens is 1. The van der Waals surface area contributed by atoms with E-state index >= 15 is 0 Å². The van der Waals surface area contributed by atoms with Gasteiger partial charge in [-0.15, -0.1) is 0 Å². The van der Waals surface area contributed by atoms with Crippen molar-refractivity contribution in [2.45, 2.75) is 11.4 Å². The van der Waals surface area contributed by atoms with Crippen LogP contribution < -0.4 is 10.2 Å². The maximum Gasteiger partial charge on any atom is 0.180 e. The smallest absolute Gasteiger partial charge is 0.180 e. The lowest BCUT2D eigenvalue weighted by Gasteiger charge is -2.24. The highest BCUT2D eigenvalue weighted by atomic mass is 79.9. The molecule has 1 aliphatic heterocycles. The number of nitrogens with zero attached hydrogens (tertiary/aromatic N) is 1. The van der Waals surface area contributed by atoms with Crippen LogP contribution in [0.5, 0.6) is 0 Å². The highest BCUT2D eigenvalue weighted by Crippen LogP contribution is 2.23. The van der Waals surface area contributed by atoms with Gasteiger partial charge in [-0.05, 0) is 35.9 Å². The van der Waals surface area contributed by atoms with Crippen LogP contribution in [0, 0.1) is 0 Å². The monoisotopic (exact) mass is 394 g/mol. The van der Waals surface area contributed by atoms with Crippen LogP contribution in [0.25, 0.3) is 0 Å². The normalized spacial score (nSPS) is 15.1. The van der Waals surface area contributed by atoms with E-state index in [0.29, 0.717) is 11.4 Å². The van der Waals surface area contributed by atoms with Crippen molar-refractivity contribution in [1.82, 2.24) is 5.32 Å². The van der Waals surface area contributed by atoms with Gasteiger partial charge in [-0.1, -0.05) is 34.1 Å². The van der Waals surface area contributed by atoms with Gasteiger partial charge in [0.1, 0.15) is 0 Å². The summed E-state index contributed by atoms with van der Waals surface area (Å²) in [6.45, 7) is 2.99. The summed E-state index contributed by atoms with van der Waals surface area (Å²) in [5.41, 5.74) is 2.34. The van der Waals surface area contributed by atoms with E-state index < -0.39 is 9.84 Å². The van der Waals surface area contributed by atoms with Crippen molar-refractivity contribution in [2.24, 2.45) is 0 Å². The molecule has 2 aromatic rings. The summed E-state index contributed by atoms with van der Waals surface area (Å²) in [7, 11) is -3.27. The van der Waals surface area contributed by atoms with Gasteiger partial charge in [-0.25, -0.2) is 8.42 Å². The summed E-state index contributed by atoms with van der Waals surface area (Å²) in [6, 6.07) is 15.0. The van der Waals surface area contributed by atoms with Gasteiger partial charge in [0.25, 0.3) is 0 Å². The van der Waals surface area contributed by atoms with Gasteiger partial charge in [0, 0.05) is 36.3 Å². The van der Waals surface area contributed by atoms with Crippen LogP contribution in [-0.4, -0.2) is 33.8 Å². The van der Waals surface area contributed by atoms with Crippen molar-refractivity contribution >= 4 is 31.5 Å². The van der Waals surface area contributed by atoms with Crippen molar-refractivity contribution in [3.8, 4) is 0 Å². The highest BCUT2D eigenvalue weighted by Gasteiger charge is 2.19. The molecule has 0 bridgehead atoms. The first-order valence-corrected chi connectivity index (χ1v) is 10.0. The average Bonchev–Trinajstić information content (AvgIpc) is 2.76. The molecule has 0 fully saturated rings. The third-order valence-electron chi connectivity index (χ3n) is 4.01. The van der Waals surface area contributed by atoms with E-state index in [2.05, 4.69) is 38.3 Å². The topological polar surface area (TPSA) is 49.4 Å². The first-order chi connectivity index (χ1) is 11.1. The molecule has 0 radical (unpaired) electrons. The van der Waals surface area contributed by atoms with Gasteiger partial charge in [-0.2, -0.15) is 0 Å². The van der Waals surface area contributed by atoms with E-state index in [0.717, 1.165) is 29.8 Å². The Morgan fingerprint density at radius 3 is 2.61 bits per heavy atom. The van der Waals surface area contributed by atoms with Gasteiger partial charge in [0.15, 0.2) is 9.84 Å². The number of hydrogen-bond acceptors (Lipinski definition) is 4.